The van der Waals surface area contributed by atoms with Crippen LogP contribution in [0, 0.1) is 11.8 Å². The zero-order chi connectivity index (χ0) is 11.5. The number of hydrogen-bond acceptors (Lipinski definition) is 3. The summed E-state index contributed by atoms with van der Waals surface area (Å²) in [6.07, 6.45) is 2.50. The van der Waals surface area contributed by atoms with Crippen LogP contribution in [0.5, 0.6) is 0 Å². The maximum absolute atomic E-state index is 5.72. The number of nitrogens with zero attached hydrogens (tertiary/aromatic N) is 3. The third-order valence-electron chi connectivity index (χ3n) is 3.42. The summed E-state index contributed by atoms with van der Waals surface area (Å²) in [7, 11) is 0. The van der Waals surface area contributed by atoms with Crippen LogP contribution in [-0.2, 0) is 0 Å². The highest BCUT2D eigenvalue weighted by molar-refractivity contribution is 6.29. The van der Waals surface area contributed by atoms with Crippen LogP contribution in [0.4, 0.5) is 5.82 Å². The summed E-state index contributed by atoms with van der Waals surface area (Å²) in [5, 5.41) is 8.46. The molecule has 1 aromatic heterocycles. The first-order valence-corrected chi connectivity index (χ1v) is 6.29. The van der Waals surface area contributed by atoms with Gasteiger partial charge in [0, 0.05) is 13.1 Å². The molecule has 3 nitrogen and oxygen atoms in total. The number of piperidine rings is 1. The van der Waals surface area contributed by atoms with Gasteiger partial charge in [-0.15, -0.1) is 10.2 Å². The van der Waals surface area contributed by atoms with E-state index in [1.807, 2.05) is 6.07 Å². The van der Waals surface area contributed by atoms with Gasteiger partial charge < -0.3 is 4.90 Å². The van der Waals surface area contributed by atoms with Crippen LogP contribution in [0.3, 0.4) is 0 Å². The molecule has 1 aliphatic heterocycles. The summed E-state index contributed by atoms with van der Waals surface area (Å²) in [6.45, 7) is 6.78. The molecule has 4 heteroatoms. The van der Waals surface area contributed by atoms with Gasteiger partial charge in [-0.3, -0.25) is 0 Å². The van der Waals surface area contributed by atoms with Crippen LogP contribution < -0.4 is 4.90 Å². The lowest BCUT2D eigenvalue weighted by molar-refractivity contribution is 0.310. The molecule has 0 radical (unpaired) electrons. The van der Waals surface area contributed by atoms with Crippen molar-refractivity contribution in [3.05, 3.63) is 17.3 Å². The largest absolute Gasteiger partial charge is 0.355 e. The predicted molar refractivity (Wildman–Crippen MR) is 66.8 cm³/mol. The highest BCUT2D eigenvalue weighted by atomic mass is 35.5. The minimum absolute atomic E-state index is 0.459. The second-order valence-corrected chi connectivity index (χ2v) is 5.17. The molecule has 2 rings (SSSR count). The molecule has 1 aliphatic rings. The van der Waals surface area contributed by atoms with E-state index in [1.54, 1.807) is 6.07 Å². The summed E-state index contributed by atoms with van der Waals surface area (Å²) >= 11 is 5.72. The lowest BCUT2D eigenvalue weighted by Crippen LogP contribution is -2.35. The minimum atomic E-state index is 0.459. The fourth-order valence-electron chi connectivity index (χ4n) is 2.27. The van der Waals surface area contributed by atoms with Gasteiger partial charge in [0.05, 0.1) is 0 Å². The van der Waals surface area contributed by atoms with Crippen molar-refractivity contribution in [2.75, 3.05) is 18.0 Å². The fraction of sp³-hybridized carbons (Fsp3) is 0.667. The van der Waals surface area contributed by atoms with Gasteiger partial charge in [0.15, 0.2) is 11.0 Å². The first-order valence-electron chi connectivity index (χ1n) is 5.91. The molecule has 0 spiro atoms. The molecule has 2 heterocycles. The molecule has 1 saturated heterocycles. The number of rotatable bonds is 2. The topological polar surface area (TPSA) is 29.0 Å². The molecule has 0 N–H and O–H groups in total. The lowest BCUT2D eigenvalue weighted by atomic mass is 9.87. The molecule has 0 saturated carbocycles. The Morgan fingerprint density at radius 2 is 1.94 bits per heavy atom. The summed E-state index contributed by atoms with van der Waals surface area (Å²) in [5.74, 6) is 2.60. The lowest BCUT2D eigenvalue weighted by Gasteiger charge is -2.34. The van der Waals surface area contributed by atoms with Crippen molar-refractivity contribution in [1.82, 2.24) is 10.2 Å². The maximum atomic E-state index is 5.72. The van der Waals surface area contributed by atoms with E-state index in [9.17, 15) is 0 Å². The number of aromatic nitrogens is 2. The standard InChI is InChI=1S/C12H18ClN3/c1-9(2)10-5-7-16(8-6-10)12-4-3-11(13)14-15-12/h3-4,9-10H,5-8H2,1-2H3. The Morgan fingerprint density at radius 1 is 1.25 bits per heavy atom. The molecular formula is C12H18ClN3. The van der Waals surface area contributed by atoms with Gasteiger partial charge in [-0.05, 0) is 36.8 Å². The summed E-state index contributed by atoms with van der Waals surface area (Å²) in [4.78, 5) is 2.29. The summed E-state index contributed by atoms with van der Waals surface area (Å²) < 4.78 is 0. The average molecular weight is 240 g/mol. The molecule has 1 fully saturated rings. The molecule has 88 valence electrons. The predicted octanol–water partition coefficient (Wildman–Crippen LogP) is 3.00. The smallest absolute Gasteiger partial charge is 0.151 e. The highest BCUT2D eigenvalue weighted by Crippen LogP contribution is 2.26. The normalized spacial score (nSPS) is 18.1. The zero-order valence-electron chi connectivity index (χ0n) is 9.86. The Kier molecular flexibility index (Phi) is 3.64. The van der Waals surface area contributed by atoms with E-state index in [1.165, 1.54) is 12.8 Å². The first kappa shape index (κ1) is 11.6. The Labute approximate surface area is 102 Å². The molecule has 0 bridgehead atoms. The van der Waals surface area contributed by atoms with E-state index in [2.05, 4.69) is 28.9 Å². The second-order valence-electron chi connectivity index (χ2n) is 4.78. The number of hydrogen-bond donors (Lipinski definition) is 0. The summed E-state index contributed by atoms with van der Waals surface area (Å²) in [5.41, 5.74) is 0. The van der Waals surface area contributed by atoms with E-state index in [4.69, 9.17) is 11.6 Å². The third-order valence-corrected chi connectivity index (χ3v) is 3.63. The fourth-order valence-corrected chi connectivity index (χ4v) is 2.37. The van der Waals surface area contributed by atoms with Gasteiger partial charge in [0.1, 0.15) is 0 Å². The van der Waals surface area contributed by atoms with Gasteiger partial charge in [-0.1, -0.05) is 25.4 Å². The van der Waals surface area contributed by atoms with Gasteiger partial charge in [0.2, 0.25) is 0 Å². The number of halogens is 1. The minimum Gasteiger partial charge on any atom is -0.355 e. The Balaban J connectivity index is 1.96. The molecule has 0 unspecified atom stereocenters. The molecule has 16 heavy (non-hydrogen) atoms. The maximum Gasteiger partial charge on any atom is 0.151 e. The van der Waals surface area contributed by atoms with Crippen LogP contribution >= 0.6 is 11.6 Å². The monoisotopic (exact) mass is 239 g/mol. The second kappa shape index (κ2) is 5.00. The molecule has 1 aromatic rings. The van der Waals surface area contributed by atoms with Crippen molar-refractivity contribution in [3.8, 4) is 0 Å². The van der Waals surface area contributed by atoms with Gasteiger partial charge in [-0.2, -0.15) is 0 Å². The zero-order valence-corrected chi connectivity index (χ0v) is 10.6. The van der Waals surface area contributed by atoms with Crippen molar-refractivity contribution in [1.29, 1.82) is 0 Å². The number of anilines is 1. The molecular weight excluding hydrogens is 222 g/mol. The van der Waals surface area contributed by atoms with Crippen molar-refractivity contribution in [2.24, 2.45) is 11.8 Å². The Morgan fingerprint density at radius 3 is 2.44 bits per heavy atom. The van der Waals surface area contributed by atoms with Gasteiger partial charge in [0.25, 0.3) is 0 Å². The average Bonchev–Trinajstić information content (AvgIpc) is 2.30. The molecule has 0 aliphatic carbocycles. The Bertz CT molecular complexity index is 329. The van der Waals surface area contributed by atoms with Gasteiger partial charge in [-0.25, -0.2) is 0 Å². The van der Waals surface area contributed by atoms with Crippen LogP contribution in [0.2, 0.25) is 5.15 Å². The van der Waals surface area contributed by atoms with Crippen LogP contribution in [0.1, 0.15) is 26.7 Å². The van der Waals surface area contributed by atoms with E-state index in [0.717, 1.165) is 30.7 Å². The van der Waals surface area contributed by atoms with Crippen LogP contribution in [0.15, 0.2) is 12.1 Å². The molecule has 0 aromatic carbocycles. The van der Waals surface area contributed by atoms with Crippen molar-refractivity contribution < 1.29 is 0 Å². The molecule has 0 atom stereocenters. The van der Waals surface area contributed by atoms with Crippen molar-refractivity contribution in [2.45, 2.75) is 26.7 Å². The van der Waals surface area contributed by atoms with Crippen molar-refractivity contribution >= 4 is 17.4 Å². The van der Waals surface area contributed by atoms with Gasteiger partial charge >= 0.3 is 0 Å². The SMILES string of the molecule is CC(C)C1CCN(c2ccc(Cl)nn2)CC1. The quantitative estimate of drug-likeness (QED) is 0.795. The van der Waals surface area contributed by atoms with Crippen molar-refractivity contribution in [3.63, 3.8) is 0 Å². The first-order chi connectivity index (χ1) is 7.66. The Hall–Kier alpha value is -0.830. The highest BCUT2D eigenvalue weighted by Gasteiger charge is 2.22. The van der Waals surface area contributed by atoms with E-state index in [0.29, 0.717) is 5.15 Å². The van der Waals surface area contributed by atoms with E-state index < -0.39 is 0 Å². The van der Waals surface area contributed by atoms with E-state index >= 15 is 0 Å². The molecule has 0 amide bonds. The van der Waals surface area contributed by atoms with E-state index in [-0.39, 0.29) is 0 Å². The third kappa shape index (κ3) is 2.64. The van der Waals surface area contributed by atoms with Crippen LogP contribution in [0.25, 0.3) is 0 Å². The summed E-state index contributed by atoms with van der Waals surface area (Å²) in [6, 6.07) is 3.75. The van der Waals surface area contributed by atoms with Crippen LogP contribution in [-0.4, -0.2) is 23.3 Å².